The molecule has 1 aromatic carbocycles. The molecule has 0 saturated heterocycles. The van der Waals surface area contributed by atoms with Crippen LogP contribution in [0.5, 0.6) is 0 Å². The average molecular weight is 332 g/mol. The van der Waals surface area contributed by atoms with Crippen molar-refractivity contribution in [3.05, 3.63) is 23.8 Å². The molecule has 0 aliphatic carbocycles. The molecule has 0 spiro atoms. The van der Waals surface area contributed by atoms with Gasteiger partial charge in [0.05, 0.1) is 18.4 Å². The quantitative estimate of drug-likeness (QED) is 0.579. The molecule has 3 N–H and O–H groups in total. The second-order valence-corrected chi connectivity index (χ2v) is 7.22. The molecule has 1 unspecified atom stereocenters. The first-order chi connectivity index (χ1) is 9.81. The molecule has 0 bridgehead atoms. The SMILES string of the molecule is COC(=O)c1ccc(S(=O)(=O)NC(C)CCSC)c(N)c1. The molecular formula is C13H20N2O4S2. The summed E-state index contributed by atoms with van der Waals surface area (Å²) < 4.78 is 31.7. The number of sulfonamides is 1. The lowest BCUT2D eigenvalue weighted by atomic mass is 10.2. The maximum absolute atomic E-state index is 12.3. The van der Waals surface area contributed by atoms with Gasteiger partial charge in [0, 0.05) is 6.04 Å². The van der Waals surface area contributed by atoms with E-state index >= 15 is 0 Å². The van der Waals surface area contributed by atoms with Gasteiger partial charge in [-0.3, -0.25) is 0 Å². The number of nitrogens with two attached hydrogens (primary N) is 1. The number of anilines is 1. The van der Waals surface area contributed by atoms with Gasteiger partial charge in [0.25, 0.3) is 0 Å². The molecule has 0 aliphatic heterocycles. The van der Waals surface area contributed by atoms with Crippen molar-refractivity contribution in [1.29, 1.82) is 0 Å². The fourth-order valence-electron chi connectivity index (χ4n) is 1.72. The summed E-state index contributed by atoms with van der Waals surface area (Å²) >= 11 is 1.65. The van der Waals surface area contributed by atoms with E-state index in [0.29, 0.717) is 0 Å². The largest absolute Gasteiger partial charge is 0.465 e. The maximum Gasteiger partial charge on any atom is 0.337 e. The molecule has 0 radical (unpaired) electrons. The Morgan fingerprint density at radius 3 is 2.67 bits per heavy atom. The Morgan fingerprint density at radius 2 is 2.14 bits per heavy atom. The van der Waals surface area contributed by atoms with Crippen LogP contribution in [0.3, 0.4) is 0 Å². The van der Waals surface area contributed by atoms with E-state index in [1.54, 1.807) is 18.7 Å². The first-order valence-electron chi connectivity index (χ1n) is 6.31. The topological polar surface area (TPSA) is 98.5 Å². The Kier molecular flexibility index (Phi) is 6.50. The van der Waals surface area contributed by atoms with Gasteiger partial charge in [-0.2, -0.15) is 11.8 Å². The third kappa shape index (κ3) is 4.90. The predicted octanol–water partition coefficient (Wildman–Crippen LogP) is 1.48. The number of nitrogens with one attached hydrogen (secondary N) is 1. The lowest BCUT2D eigenvalue weighted by Gasteiger charge is -2.15. The fourth-order valence-corrected chi connectivity index (χ4v) is 3.70. The first-order valence-corrected chi connectivity index (χ1v) is 9.18. The van der Waals surface area contributed by atoms with E-state index in [4.69, 9.17) is 5.73 Å². The number of ether oxygens (including phenoxy) is 1. The Labute approximate surface area is 129 Å². The number of thioether (sulfide) groups is 1. The smallest absolute Gasteiger partial charge is 0.337 e. The number of carbonyl (C=O) groups is 1. The molecule has 0 heterocycles. The predicted molar refractivity (Wildman–Crippen MR) is 85.0 cm³/mol. The van der Waals surface area contributed by atoms with Crippen molar-refractivity contribution in [3.63, 3.8) is 0 Å². The molecule has 21 heavy (non-hydrogen) atoms. The number of rotatable bonds is 7. The van der Waals surface area contributed by atoms with Crippen LogP contribution in [0.1, 0.15) is 23.7 Å². The van der Waals surface area contributed by atoms with Crippen LogP contribution in [0.4, 0.5) is 5.69 Å². The Bertz CT molecular complexity index is 602. The van der Waals surface area contributed by atoms with E-state index in [-0.39, 0.29) is 22.2 Å². The van der Waals surface area contributed by atoms with Gasteiger partial charge in [-0.05, 0) is 43.6 Å². The highest BCUT2D eigenvalue weighted by Crippen LogP contribution is 2.20. The first kappa shape index (κ1) is 17.8. The number of esters is 1. The van der Waals surface area contributed by atoms with Crippen molar-refractivity contribution in [2.75, 3.05) is 24.9 Å². The number of methoxy groups -OCH3 is 1. The van der Waals surface area contributed by atoms with Crippen molar-refractivity contribution in [2.45, 2.75) is 24.3 Å². The Morgan fingerprint density at radius 1 is 1.48 bits per heavy atom. The summed E-state index contributed by atoms with van der Waals surface area (Å²) in [5.41, 5.74) is 5.97. The zero-order valence-electron chi connectivity index (χ0n) is 12.3. The van der Waals surface area contributed by atoms with Crippen LogP contribution < -0.4 is 10.5 Å². The highest BCUT2D eigenvalue weighted by atomic mass is 32.2. The second-order valence-electron chi connectivity index (χ2n) is 4.55. The Balaban J connectivity index is 2.96. The molecular weight excluding hydrogens is 312 g/mol. The third-order valence-electron chi connectivity index (χ3n) is 2.83. The number of hydrogen-bond donors (Lipinski definition) is 2. The molecule has 0 aliphatic rings. The maximum atomic E-state index is 12.3. The summed E-state index contributed by atoms with van der Waals surface area (Å²) in [4.78, 5) is 11.3. The summed E-state index contributed by atoms with van der Waals surface area (Å²) in [6.07, 6.45) is 2.69. The van der Waals surface area contributed by atoms with Crippen LogP contribution >= 0.6 is 11.8 Å². The molecule has 0 fully saturated rings. The molecule has 1 rings (SSSR count). The lowest BCUT2D eigenvalue weighted by Crippen LogP contribution is -2.33. The minimum Gasteiger partial charge on any atom is -0.465 e. The van der Waals surface area contributed by atoms with Gasteiger partial charge in [-0.15, -0.1) is 0 Å². The van der Waals surface area contributed by atoms with Crippen LogP contribution in [0, 0.1) is 0 Å². The minimum atomic E-state index is -3.71. The minimum absolute atomic E-state index is 0.0162. The third-order valence-corrected chi connectivity index (χ3v) is 5.14. The van der Waals surface area contributed by atoms with Gasteiger partial charge < -0.3 is 10.5 Å². The van der Waals surface area contributed by atoms with Gasteiger partial charge in [0.2, 0.25) is 10.0 Å². The number of benzene rings is 1. The van der Waals surface area contributed by atoms with Crippen LogP contribution in [0.2, 0.25) is 0 Å². The number of nitrogen functional groups attached to an aromatic ring is 1. The second kappa shape index (κ2) is 7.67. The van der Waals surface area contributed by atoms with E-state index in [0.717, 1.165) is 12.2 Å². The van der Waals surface area contributed by atoms with Gasteiger partial charge in [0.1, 0.15) is 4.90 Å². The van der Waals surface area contributed by atoms with Crippen LogP contribution in [-0.2, 0) is 14.8 Å². The summed E-state index contributed by atoms with van der Waals surface area (Å²) in [5.74, 6) is 0.299. The van der Waals surface area contributed by atoms with Gasteiger partial charge in [-0.1, -0.05) is 0 Å². The van der Waals surface area contributed by atoms with Gasteiger partial charge in [0.15, 0.2) is 0 Å². The fraction of sp³-hybridized carbons (Fsp3) is 0.462. The summed E-state index contributed by atoms with van der Waals surface area (Å²) in [6.45, 7) is 1.80. The zero-order chi connectivity index (χ0) is 16.0. The van der Waals surface area contributed by atoms with Crippen molar-refractivity contribution >= 4 is 33.4 Å². The number of carbonyl (C=O) groups excluding carboxylic acids is 1. The molecule has 1 aromatic rings. The van der Waals surface area contributed by atoms with Crippen LogP contribution in [-0.4, -0.2) is 39.5 Å². The molecule has 0 saturated carbocycles. The summed E-state index contributed by atoms with van der Waals surface area (Å²) in [7, 11) is -2.46. The van der Waals surface area contributed by atoms with Crippen molar-refractivity contribution in [3.8, 4) is 0 Å². The van der Waals surface area contributed by atoms with Crippen molar-refractivity contribution < 1.29 is 17.9 Å². The van der Waals surface area contributed by atoms with E-state index in [1.165, 1.54) is 25.3 Å². The van der Waals surface area contributed by atoms with Gasteiger partial charge in [-0.25, -0.2) is 17.9 Å². The van der Waals surface area contributed by atoms with Crippen LogP contribution in [0.25, 0.3) is 0 Å². The summed E-state index contributed by atoms with van der Waals surface area (Å²) in [5, 5.41) is 0. The molecule has 118 valence electrons. The zero-order valence-corrected chi connectivity index (χ0v) is 13.9. The van der Waals surface area contributed by atoms with E-state index in [1.807, 2.05) is 6.26 Å². The molecule has 0 aromatic heterocycles. The van der Waals surface area contributed by atoms with E-state index in [2.05, 4.69) is 9.46 Å². The lowest BCUT2D eigenvalue weighted by molar-refractivity contribution is 0.0600. The highest BCUT2D eigenvalue weighted by Gasteiger charge is 2.21. The van der Waals surface area contributed by atoms with E-state index < -0.39 is 16.0 Å². The standard InChI is InChI=1S/C13H20N2O4S2/c1-9(6-7-20-3)15-21(17,18)12-5-4-10(8-11(12)14)13(16)19-2/h4-5,8-9,15H,6-7,14H2,1-3H3. The summed E-state index contributed by atoms with van der Waals surface area (Å²) in [6, 6.07) is 3.80. The molecule has 0 amide bonds. The monoisotopic (exact) mass is 332 g/mol. The van der Waals surface area contributed by atoms with Crippen molar-refractivity contribution in [2.24, 2.45) is 0 Å². The molecule has 6 nitrogen and oxygen atoms in total. The van der Waals surface area contributed by atoms with Crippen LogP contribution in [0.15, 0.2) is 23.1 Å². The van der Waals surface area contributed by atoms with Crippen molar-refractivity contribution in [1.82, 2.24) is 4.72 Å². The number of hydrogen-bond acceptors (Lipinski definition) is 6. The normalized spacial score (nSPS) is 12.9. The highest BCUT2D eigenvalue weighted by molar-refractivity contribution is 7.98. The molecule has 8 heteroatoms. The molecule has 1 atom stereocenters. The van der Waals surface area contributed by atoms with Gasteiger partial charge >= 0.3 is 5.97 Å². The average Bonchev–Trinajstić information content (AvgIpc) is 2.43. The van der Waals surface area contributed by atoms with E-state index in [9.17, 15) is 13.2 Å². The Hall–Kier alpha value is -1.25.